The van der Waals surface area contributed by atoms with Crippen molar-refractivity contribution in [1.82, 2.24) is 4.72 Å². The molecular weight excluding hydrogens is 425 g/mol. The average Bonchev–Trinajstić information content (AvgIpc) is 3.00. The van der Waals surface area contributed by atoms with Crippen LogP contribution in [0.2, 0.25) is 0 Å². The highest BCUT2D eigenvalue weighted by molar-refractivity contribution is 7.90. The Kier molecular flexibility index (Phi) is 6.06. The second kappa shape index (κ2) is 7.81. The number of allylic oxidation sites excluding steroid dienone is 1. The van der Waals surface area contributed by atoms with Crippen LogP contribution in [0.15, 0.2) is 56.9 Å². The number of nitrogens with zero attached hydrogens (tertiary/aromatic N) is 2. The summed E-state index contributed by atoms with van der Waals surface area (Å²) in [5, 5.41) is 4.37. The number of nitrogens with one attached hydrogen (secondary N) is 2. The lowest BCUT2D eigenvalue weighted by Gasteiger charge is -2.16. The molecule has 0 aliphatic carbocycles. The van der Waals surface area contributed by atoms with Crippen molar-refractivity contribution in [2.24, 2.45) is 10.1 Å². The zero-order valence-electron chi connectivity index (χ0n) is 14.4. The molecule has 8 nitrogen and oxygen atoms in total. The number of sulfonamides is 1. The van der Waals surface area contributed by atoms with Crippen LogP contribution in [-0.2, 0) is 20.9 Å². The molecule has 0 radical (unpaired) electrons. The Bertz CT molecular complexity index is 1000. The first-order valence-corrected chi connectivity index (χ1v) is 8.88. The van der Waals surface area contributed by atoms with Crippen LogP contribution in [0.3, 0.4) is 0 Å². The average molecular weight is 439 g/mol. The van der Waals surface area contributed by atoms with Crippen molar-refractivity contribution >= 4 is 22.2 Å². The molecule has 1 aromatic rings. The van der Waals surface area contributed by atoms with Gasteiger partial charge in [-0.2, -0.15) is 18.2 Å². The fraction of sp³-hybridized carbons (Fsp3) is 0.200. The van der Waals surface area contributed by atoms with Crippen molar-refractivity contribution in [2.75, 3.05) is 14.2 Å². The lowest BCUT2D eigenvalue weighted by atomic mass is 10.2. The largest absolute Gasteiger partial charge is 1.00 e. The molecule has 1 unspecified atom stereocenters. The minimum atomic E-state index is -4.89. The first-order valence-electron chi connectivity index (χ1n) is 7.40. The van der Waals surface area contributed by atoms with Crippen LogP contribution in [-0.4, -0.2) is 34.8 Å². The molecule has 2 aliphatic rings. The summed E-state index contributed by atoms with van der Waals surface area (Å²) in [6.07, 6.45) is -0.652. The number of hydrogen-bond acceptors (Lipinski definition) is 6. The van der Waals surface area contributed by atoms with Crippen LogP contribution in [0.1, 0.15) is 5.56 Å². The zero-order valence-corrected chi connectivity index (χ0v) is 16.0. The topological polar surface area (TPSA) is 93.8 Å². The van der Waals surface area contributed by atoms with Crippen LogP contribution in [0.4, 0.5) is 13.2 Å². The SMILES string of the molecule is COC1=CC2=CC(NS(=O)(=O)c3c(OC)cccc3C(F)(F)F)=N[NH+]2C=N1.[Cl-]. The second-order valence-corrected chi connectivity index (χ2v) is 6.99. The maximum atomic E-state index is 13.3. The molecule has 2 heterocycles. The molecule has 0 fully saturated rings. The Labute approximate surface area is 164 Å². The monoisotopic (exact) mass is 438 g/mol. The number of amidine groups is 1. The van der Waals surface area contributed by atoms with Gasteiger partial charge in [-0.25, -0.2) is 8.42 Å². The van der Waals surface area contributed by atoms with Crippen LogP contribution in [0, 0.1) is 0 Å². The first-order chi connectivity index (χ1) is 12.7. The maximum Gasteiger partial charge on any atom is 0.417 e. The molecule has 0 saturated carbocycles. The van der Waals surface area contributed by atoms with Gasteiger partial charge in [0, 0.05) is 0 Å². The van der Waals surface area contributed by atoms with Gasteiger partial charge in [0.2, 0.25) is 18.1 Å². The number of rotatable bonds is 4. The predicted octanol–water partition coefficient (Wildman–Crippen LogP) is -2.38. The number of benzene rings is 1. The van der Waals surface area contributed by atoms with Gasteiger partial charge in [-0.15, -0.1) is 5.01 Å². The molecular formula is C15H14ClF3N4O4S. The van der Waals surface area contributed by atoms with Crippen LogP contribution in [0.25, 0.3) is 0 Å². The van der Waals surface area contributed by atoms with E-state index in [1.54, 1.807) is 0 Å². The normalized spacial score (nSPS) is 18.3. The van der Waals surface area contributed by atoms with E-state index in [4.69, 9.17) is 9.47 Å². The molecule has 0 bridgehead atoms. The smallest absolute Gasteiger partial charge is 0.417 e. The summed E-state index contributed by atoms with van der Waals surface area (Å²) >= 11 is 0. The molecule has 0 aromatic heterocycles. The molecule has 3 rings (SSSR count). The van der Waals surface area contributed by atoms with E-state index < -0.39 is 32.4 Å². The Morgan fingerprint density at radius 2 is 1.86 bits per heavy atom. The number of alkyl halides is 3. The lowest BCUT2D eigenvalue weighted by Crippen LogP contribution is -3.03. The van der Waals surface area contributed by atoms with Crippen molar-refractivity contribution < 1.29 is 48.5 Å². The quantitative estimate of drug-likeness (QED) is 0.549. The van der Waals surface area contributed by atoms with Gasteiger partial charge in [-0.05, 0) is 12.1 Å². The van der Waals surface area contributed by atoms with Crippen LogP contribution >= 0.6 is 0 Å². The third-order valence-corrected chi connectivity index (χ3v) is 5.08. The van der Waals surface area contributed by atoms with Crippen molar-refractivity contribution in [3.8, 4) is 5.75 Å². The number of quaternary nitrogens is 1. The fourth-order valence-electron chi connectivity index (χ4n) is 2.49. The zero-order chi connectivity index (χ0) is 19.8. The maximum absolute atomic E-state index is 13.3. The molecule has 0 amide bonds. The van der Waals surface area contributed by atoms with Gasteiger partial charge in [-0.3, -0.25) is 4.72 Å². The summed E-state index contributed by atoms with van der Waals surface area (Å²) in [5.74, 6) is -0.302. The predicted molar refractivity (Wildman–Crippen MR) is 88.4 cm³/mol. The number of ether oxygens (including phenoxy) is 2. The molecule has 1 atom stereocenters. The highest BCUT2D eigenvalue weighted by atomic mass is 35.5. The van der Waals surface area contributed by atoms with E-state index in [9.17, 15) is 21.6 Å². The van der Waals surface area contributed by atoms with Gasteiger partial charge in [0.25, 0.3) is 10.0 Å². The number of aliphatic imine (C=N–C) groups is 1. The van der Waals surface area contributed by atoms with Crippen molar-refractivity contribution in [3.63, 3.8) is 0 Å². The van der Waals surface area contributed by atoms with E-state index in [1.807, 2.05) is 0 Å². The van der Waals surface area contributed by atoms with E-state index in [2.05, 4.69) is 14.8 Å². The lowest BCUT2D eigenvalue weighted by molar-refractivity contribution is -0.756. The van der Waals surface area contributed by atoms with E-state index in [1.165, 1.54) is 25.6 Å². The van der Waals surface area contributed by atoms with E-state index in [0.717, 1.165) is 19.2 Å². The van der Waals surface area contributed by atoms with Crippen molar-refractivity contribution in [2.45, 2.75) is 11.1 Å². The van der Waals surface area contributed by atoms with E-state index in [0.29, 0.717) is 16.8 Å². The number of hydrogen-bond donors (Lipinski definition) is 2. The summed E-state index contributed by atoms with van der Waals surface area (Å²) in [6.45, 7) is 0. The highest BCUT2D eigenvalue weighted by Gasteiger charge is 2.40. The Morgan fingerprint density at radius 1 is 1.14 bits per heavy atom. The van der Waals surface area contributed by atoms with Gasteiger partial charge < -0.3 is 21.9 Å². The van der Waals surface area contributed by atoms with E-state index in [-0.39, 0.29) is 24.1 Å². The highest BCUT2D eigenvalue weighted by Crippen LogP contribution is 2.38. The molecule has 2 aliphatic heterocycles. The van der Waals surface area contributed by atoms with E-state index >= 15 is 0 Å². The summed E-state index contributed by atoms with van der Waals surface area (Å²) in [5.41, 5.74) is -0.829. The Morgan fingerprint density at radius 3 is 2.46 bits per heavy atom. The first kappa shape index (κ1) is 21.7. The minimum absolute atomic E-state index is 0. The van der Waals surface area contributed by atoms with Gasteiger partial charge >= 0.3 is 6.18 Å². The minimum Gasteiger partial charge on any atom is -1.00 e. The summed E-state index contributed by atoms with van der Waals surface area (Å²) in [7, 11) is -2.15. The van der Waals surface area contributed by atoms with Crippen LogP contribution < -0.4 is 26.9 Å². The molecule has 1 aromatic carbocycles. The van der Waals surface area contributed by atoms with Gasteiger partial charge in [0.05, 0.1) is 31.9 Å². The van der Waals surface area contributed by atoms with Crippen LogP contribution in [0.5, 0.6) is 5.75 Å². The molecule has 2 N–H and O–H groups in total. The summed E-state index contributed by atoms with van der Waals surface area (Å²) in [6, 6.07) is 2.86. The van der Waals surface area contributed by atoms with Crippen molar-refractivity contribution in [1.29, 1.82) is 0 Å². The number of halogens is 4. The summed E-state index contributed by atoms with van der Waals surface area (Å²) in [4.78, 5) is 2.93. The molecule has 152 valence electrons. The van der Waals surface area contributed by atoms with Gasteiger partial charge in [0.1, 0.15) is 10.6 Å². The number of methoxy groups -OCH3 is 2. The summed E-state index contributed by atoms with van der Waals surface area (Å²) < 4.78 is 77.1. The Hall–Kier alpha value is -2.57. The number of fused-ring (bicyclic) bond motifs is 1. The van der Waals surface area contributed by atoms with Gasteiger partial charge in [0.15, 0.2) is 5.70 Å². The molecule has 0 saturated heterocycles. The standard InChI is InChI=1S/C15H13F3N4O4S.ClH/c1-25-11-5-3-4-10(15(16,17)18)14(11)27(23,24)21-12-6-9-7-13(26-2)19-8-22(9)20-12;/h3-8H,1-2H3,(H,20,21);1H. The second-order valence-electron chi connectivity index (χ2n) is 5.37. The third-order valence-electron chi connectivity index (χ3n) is 3.64. The molecule has 28 heavy (non-hydrogen) atoms. The fourth-order valence-corrected chi connectivity index (χ4v) is 3.86. The molecule has 0 spiro atoms. The van der Waals surface area contributed by atoms with Crippen molar-refractivity contribution in [3.05, 3.63) is 47.5 Å². The molecule has 13 heteroatoms. The van der Waals surface area contributed by atoms with Gasteiger partial charge in [-0.1, -0.05) is 11.2 Å². The third kappa shape index (κ3) is 4.13. The Balaban J connectivity index is 0.00000280.